The predicted molar refractivity (Wildman–Crippen MR) is 72.4 cm³/mol. The first-order valence-electron chi connectivity index (χ1n) is 6.04. The second kappa shape index (κ2) is 6.71. The molecule has 6 nitrogen and oxygen atoms in total. The first-order chi connectivity index (χ1) is 10.1. The number of halogens is 2. The lowest BCUT2D eigenvalue weighted by atomic mass is 10.1. The largest absolute Gasteiger partial charge is 0.350 e. The highest BCUT2D eigenvalue weighted by Gasteiger charge is 2.07. The van der Waals surface area contributed by atoms with E-state index in [1.54, 1.807) is 12.1 Å². The number of rotatable bonds is 5. The second-order valence-corrected chi connectivity index (χ2v) is 4.16. The first-order valence-corrected chi connectivity index (χ1v) is 6.04. The maximum Gasteiger partial charge on any atom is 0.268 e. The molecule has 1 aromatic carbocycles. The normalized spacial score (nSPS) is 10.5. The number of nitrogen functional groups attached to an aromatic ring is 1. The fraction of sp³-hybridized carbons (Fsp3) is 0.154. The standard InChI is InChI=1S/C13H13F2N5O/c14-11(15)9-3-1-8(2-4-9)5-17-13-18-6-10(7-19-13)12(21)20-16/h1-4,6-7,11H,5,16H2,(H,20,21)(H,17,18,19). The lowest BCUT2D eigenvalue weighted by molar-refractivity contribution is 0.0953. The van der Waals surface area contributed by atoms with Gasteiger partial charge in [0.1, 0.15) is 0 Å². The van der Waals surface area contributed by atoms with Crippen molar-refractivity contribution in [1.29, 1.82) is 0 Å². The second-order valence-electron chi connectivity index (χ2n) is 4.16. The molecule has 1 aromatic heterocycles. The van der Waals surface area contributed by atoms with Crippen LogP contribution in [0.2, 0.25) is 0 Å². The van der Waals surface area contributed by atoms with Gasteiger partial charge in [0.25, 0.3) is 12.3 Å². The van der Waals surface area contributed by atoms with Crippen LogP contribution in [0.15, 0.2) is 36.7 Å². The highest BCUT2D eigenvalue weighted by atomic mass is 19.3. The molecule has 2 aromatic rings. The summed E-state index contributed by atoms with van der Waals surface area (Å²) in [5.41, 5.74) is 3.00. The SMILES string of the molecule is NNC(=O)c1cnc(NCc2ccc(C(F)F)cc2)nc1. The maximum absolute atomic E-state index is 12.4. The topological polar surface area (TPSA) is 92.9 Å². The van der Waals surface area contributed by atoms with Gasteiger partial charge in [0.15, 0.2) is 0 Å². The van der Waals surface area contributed by atoms with Gasteiger partial charge in [0.2, 0.25) is 5.95 Å². The van der Waals surface area contributed by atoms with Crippen LogP contribution in [0.5, 0.6) is 0 Å². The molecule has 0 fully saturated rings. The molecule has 110 valence electrons. The number of aromatic nitrogens is 2. The number of hydrogen-bond acceptors (Lipinski definition) is 5. The third-order valence-corrected chi connectivity index (χ3v) is 2.73. The van der Waals surface area contributed by atoms with Gasteiger partial charge < -0.3 is 5.32 Å². The molecule has 0 radical (unpaired) electrons. The van der Waals surface area contributed by atoms with Crippen molar-refractivity contribution in [2.75, 3.05) is 5.32 Å². The van der Waals surface area contributed by atoms with Gasteiger partial charge in [-0.3, -0.25) is 10.2 Å². The van der Waals surface area contributed by atoms with Crippen LogP contribution in [0.25, 0.3) is 0 Å². The Labute approximate surface area is 119 Å². The summed E-state index contributed by atoms with van der Waals surface area (Å²) in [7, 11) is 0. The molecule has 21 heavy (non-hydrogen) atoms. The summed E-state index contributed by atoms with van der Waals surface area (Å²) < 4.78 is 24.8. The number of nitrogens with two attached hydrogens (primary N) is 1. The lowest BCUT2D eigenvalue weighted by Gasteiger charge is -2.06. The van der Waals surface area contributed by atoms with E-state index in [1.165, 1.54) is 24.5 Å². The van der Waals surface area contributed by atoms with E-state index in [0.717, 1.165) is 5.56 Å². The van der Waals surface area contributed by atoms with Gasteiger partial charge in [0.05, 0.1) is 5.56 Å². The van der Waals surface area contributed by atoms with Gasteiger partial charge >= 0.3 is 0 Å². The third kappa shape index (κ3) is 3.93. The predicted octanol–water partition coefficient (Wildman–Crippen LogP) is 1.63. The Morgan fingerprint density at radius 3 is 2.33 bits per heavy atom. The van der Waals surface area contributed by atoms with Crippen LogP contribution < -0.4 is 16.6 Å². The van der Waals surface area contributed by atoms with Gasteiger partial charge in [-0.05, 0) is 5.56 Å². The molecular formula is C13H13F2N5O. The molecule has 0 unspecified atom stereocenters. The average molecular weight is 293 g/mol. The molecule has 4 N–H and O–H groups in total. The Kier molecular flexibility index (Phi) is 4.72. The van der Waals surface area contributed by atoms with Crippen LogP contribution >= 0.6 is 0 Å². The summed E-state index contributed by atoms with van der Waals surface area (Å²) in [6.07, 6.45) is 0.186. The molecule has 0 bridgehead atoms. The number of alkyl halides is 2. The summed E-state index contributed by atoms with van der Waals surface area (Å²) in [5, 5.41) is 2.92. The van der Waals surface area contributed by atoms with Crippen molar-refractivity contribution in [2.24, 2.45) is 5.84 Å². The molecule has 1 heterocycles. The van der Waals surface area contributed by atoms with Gasteiger partial charge in [0, 0.05) is 24.5 Å². The Balaban J connectivity index is 1.95. The summed E-state index contributed by atoms with van der Waals surface area (Å²) >= 11 is 0. The number of hydrazine groups is 1. The molecule has 1 amide bonds. The van der Waals surface area contributed by atoms with Crippen LogP contribution in [0, 0.1) is 0 Å². The van der Waals surface area contributed by atoms with Crippen LogP contribution in [0.4, 0.5) is 14.7 Å². The van der Waals surface area contributed by atoms with Crippen LogP contribution in [0.1, 0.15) is 27.9 Å². The fourth-order valence-electron chi connectivity index (χ4n) is 1.58. The minimum absolute atomic E-state index is 0.0212. The number of hydrogen-bond donors (Lipinski definition) is 3. The van der Waals surface area contributed by atoms with E-state index >= 15 is 0 Å². The summed E-state index contributed by atoms with van der Waals surface area (Å²) in [5.74, 6) is 4.82. The minimum Gasteiger partial charge on any atom is -0.350 e. The van der Waals surface area contributed by atoms with Gasteiger partial charge in [-0.1, -0.05) is 24.3 Å². The van der Waals surface area contributed by atoms with E-state index < -0.39 is 12.3 Å². The highest BCUT2D eigenvalue weighted by Crippen LogP contribution is 2.18. The molecule has 0 saturated carbocycles. The van der Waals surface area contributed by atoms with Crippen molar-refractivity contribution in [3.05, 3.63) is 53.3 Å². The summed E-state index contributed by atoms with van der Waals surface area (Å²) in [6, 6.07) is 5.95. The molecule has 0 saturated heterocycles. The number of carbonyl (C=O) groups is 1. The highest BCUT2D eigenvalue weighted by molar-refractivity contribution is 5.93. The van der Waals surface area contributed by atoms with Crippen LogP contribution in [-0.2, 0) is 6.54 Å². The van der Waals surface area contributed by atoms with Crippen LogP contribution in [0.3, 0.4) is 0 Å². The molecule has 0 aliphatic rings. The number of amides is 1. The zero-order valence-corrected chi connectivity index (χ0v) is 10.9. The van der Waals surface area contributed by atoms with E-state index in [0.29, 0.717) is 12.5 Å². The Hall–Kier alpha value is -2.61. The van der Waals surface area contributed by atoms with E-state index in [2.05, 4.69) is 15.3 Å². The zero-order chi connectivity index (χ0) is 15.2. The first kappa shape index (κ1) is 14.8. The molecule has 0 atom stereocenters. The number of nitrogens with one attached hydrogen (secondary N) is 2. The Morgan fingerprint density at radius 2 is 1.81 bits per heavy atom. The lowest BCUT2D eigenvalue weighted by Crippen LogP contribution is -2.30. The molecule has 2 rings (SSSR count). The molecule has 0 aliphatic carbocycles. The minimum atomic E-state index is -2.48. The van der Waals surface area contributed by atoms with E-state index in [1.807, 2.05) is 5.43 Å². The van der Waals surface area contributed by atoms with Gasteiger partial charge in [-0.2, -0.15) is 0 Å². The Morgan fingerprint density at radius 1 is 1.19 bits per heavy atom. The van der Waals surface area contributed by atoms with Crippen molar-refractivity contribution in [3.63, 3.8) is 0 Å². The third-order valence-electron chi connectivity index (χ3n) is 2.73. The van der Waals surface area contributed by atoms with Crippen LogP contribution in [-0.4, -0.2) is 15.9 Å². The number of nitrogens with zero attached hydrogens (tertiary/aromatic N) is 2. The molecule has 8 heteroatoms. The monoisotopic (exact) mass is 293 g/mol. The summed E-state index contributed by atoms with van der Waals surface area (Å²) in [6.45, 7) is 0.381. The maximum atomic E-state index is 12.4. The zero-order valence-electron chi connectivity index (χ0n) is 10.9. The van der Waals surface area contributed by atoms with Crippen molar-refractivity contribution >= 4 is 11.9 Å². The quantitative estimate of drug-likeness (QED) is 0.442. The van der Waals surface area contributed by atoms with Crippen molar-refractivity contribution in [3.8, 4) is 0 Å². The van der Waals surface area contributed by atoms with E-state index in [4.69, 9.17) is 5.84 Å². The number of anilines is 1. The Bertz CT molecular complexity index is 601. The van der Waals surface area contributed by atoms with Crippen molar-refractivity contribution < 1.29 is 13.6 Å². The summed E-state index contributed by atoms with van der Waals surface area (Å²) in [4.78, 5) is 19.1. The smallest absolute Gasteiger partial charge is 0.268 e. The van der Waals surface area contributed by atoms with Crippen molar-refractivity contribution in [2.45, 2.75) is 13.0 Å². The number of carbonyl (C=O) groups excluding carboxylic acids is 1. The fourth-order valence-corrected chi connectivity index (χ4v) is 1.58. The average Bonchev–Trinajstić information content (AvgIpc) is 2.53. The van der Waals surface area contributed by atoms with Crippen molar-refractivity contribution in [1.82, 2.24) is 15.4 Å². The molecule has 0 aliphatic heterocycles. The molecule has 0 spiro atoms. The van der Waals surface area contributed by atoms with Gasteiger partial charge in [-0.15, -0.1) is 0 Å². The molecular weight excluding hydrogens is 280 g/mol. The van der Waals surface area contributed by atoms with E-state index in [9.17, 15) is 13.6 Å². The van der Waals surface area contributed by atoms with Gasteiger partial charge in [-0.25, -0.2) is 24.6 Å². The number of benzene rings is 1. The van der Waals surface area contributed by atoms with E-state index in [-0.39, 0.29) is 11.1 Å².